The van der Waals surface area contributed by atoms with Crippen LogP contribution in [0.3, 0.4) is 0 Å². The van der Waals surface area contributed by atoms with Crippen LogP contribution < -0.4 is 15.8 Å². The minimum absolute atomic E-state index is 0.223. The number of ether oxygens (including phenoxy) is 1. The molecule has 1 saturated heterocycles. The van der Waals surface area contributed by atoms with E-state index in [0.717, 1.165) is 18.8 Å². The van der Waals surface area contributed by atoms with Crippen LogP contribution in [-0.4, -0.2) is 51.2 Å². The van der Waals surface area contributed by atoms with Crippen molar-refractivity contribution in [2.24, 2.45) is 0 Å². The first-order chi connectivity index (χ1) is 14.7. The van der Waals surface area contributed by atoms with E-state index < -0.39 is 0 Å². The van der Waals surface area contributed by atoms with Crippen molar-refractivity contribution in [2.45, 2.75) is 6.92 Å². The number of aryl methyl sites for hydroxylation is 1. The predicted molar refractivity (Wildman–Crippen MR) is 111 cm³/mol. The topological polar surface area (TPSA) is 122 Å². The van der Waals surface area contributed by atoms with Gasteiger partial charge in [0.2, 0.25) is 11.9 Å². The molecule has 0 radical (unpaired) electrons. The van der Waals surface area contributed by atoms with E-state index in [-0.39, 0.29) is 17.5 Å². The number of morpholine rings is 1. The summed E-state index contributed by atoms with van der Waals surface area (Å²) < 4.78 is 11.0. The molecule has 4 heterocycles. The first kappa shape index (κ1) is 18.3. The van der Waals surface area contributed by atoms with E-state index in [1.807, 2.05) is 31.2 Å². The van der Waals surface area contributed by atoms with Crippen molar-refractivity contribution in [3.05, 3.63) is 52.6 Å². The van der Waals surface area contributed by atoms with Gasteiger partial charge in [-0.2, -0.15) is 4.98 Å². The lowest BCUT2D eigenvalue weighted by atomic mass is 10.2. The Morgan fingerprint density at radius 1 is 1.13 bits per heavy atom. The molecule has 1 aliphatic heterocycles. The van der Waals surface area contributed by atoms with E-state index in [9.17, 15) is 4.79 Å². The molecule has 152 valence electrons. The third-order valence-corrected chi connectivity index (χ3v) is 4.80. The molecule has 10 heteroatoms. The lowest BCUT2D eigenvalue weighted by Gasteiger charge is -2.27. The molecule has 0 amide bonds. The molecule has 1 aromatic carbocycles. The number of rotatable bonds is 4. The first-order valence-electron chi connectivity index (χ1n) is 9.56. The van der Waals surface area contributed by atoms with E-state index in [1.165, 1.54) is 6.07 Å². The molecule has 5 rings (SSSR count). The van der Waals surface area contributed by atoms with Crippen LogP contribution in [0.4, 0.5) is 17.9 Å². The SMILES string of the molecule is Cc1nc(N2CCOCC2)ncc1-c1cc(=O)[nH]c(Nc2nc3ccccc3o2)n1. The number of benzene rings is 1. The third kappa shape index (κ3) is 3.60. The molecule has 4 aromatic rings. The van der Waals surface area contributed by atoms with Crippen molar-refractivity contribution in [1.82, 2.24) is 24.9 Å². The van der Waals surface area contributed by atoms with Gasteiger partial charge in [0.15, 0.2) is 5.58 Å². The van der Waals surface area contributed by atoms with Gasteiger partial charge in [0.25, 0.3) is 5.56 Å². The van der Waals surface area contributed by atoms with Gasteiger partial charge in [-0.3, -0.25) is 15.1 Å². The van der Waals surface area contributed by atoms with Crippen molar-refractivity contribution in [2.75, 3.05) is 36.5 Å². The second-order valence-corrected chi connectivity index (χ2v) is 6.86. The van der Waals surface area contributed by atoms with Crippen LogP contribution in [0.15, 0.2) is 45.7 Å². The third-order valence-electron chi connectivity index (χ3n) is 4.80. The van der Waals surface area contributed by atoms with E-state index >= 15 is 0 Å². The fourth-order valence-electron chi connectivity index (χ4n) is 3.30. The van der Waals surface area contributed by atoms with Crippen molar-refractivity contribution < 1.29 is 9.15 Å². The second-order valence-electron chi connectivity index (χ2n) is 6.86. The van der Waals surface area contributed by atoms with Gasteiger partial charge in [0, 0.05) is 30.9 Å². The Labute approximate surface area is 171 Å². The van der Waals surface area contributed by atoms with Gasteiger partial charge in [-0.25, -0.2) is 15.0 Å². The number of hydrogen-bond donors (Lipinski definition) is 2. The Kier molecular flexibility index (Phi) is 4.60. The normalized spacial score (nSPS) is 14.2. The summed E-state index contributed by atoms with van der Waals surface area (Å²) in [6.07, 6.45) is 1.69. The summed E-state index contributed by atoms with van der Waals surface area (Å²) in [4.78, 5) is 34.9. The summed E-state index contributed by atoms with van der Waals surface area (Å²) in [5.41, 5.74) is 2.91. The largest absolute Gasteiger partial charge is 0.423 e. The number of oxazole rings is 1. The van der Waals surface area contributed by atoms with Crippen molar-refractivity contribution >= 4 is 29.0 Å². The van der Waals surface area contributed by atoms with E-state index in [4.69, 9.17) is 9.15 Å². The van der Waals surface area contributed by atoms with Crippen LogP contribution in [0, 0.1) is 6.92 Å². The highest BCUT2D eigenvalue weighted by Crippen LogP contribution is 2.23. The summed E-state index contributed by atoms with van der Waals surface area (Å²) >= 11 is 0. The molecular weight excluding hydrogens is 386 g/mol. The summed E-state index contributed by atoms with van der Waals surface area (Å²) in [6.45, 7) is 4.69. The summed E-state index contributed by atoms with van der Waals surface area (Å²) in [5, 5.41) is 2.92. The average Bonchev–Trinajstić information content (AvgIpc) is 3.16. The zero-order chi connectivity index (χ0) is 20.5. The molecule has 30 heavy (non-hydrogen) atoms. The van der Waals surface area contributed by atoms with Gasteiger partial charge in [-0.15, -0.1) is 0 Å². The van der Waals surface area contributed by atoms with Crippen LogP contribution in [0.5, 0.6) is 0 Å². The minimum atomic E-state index is -0.310. The molecule has 0 unspecified atom stereocenters. The zero-order valence-corrected chi connectivity index (χ0v) is 16.3. The Morgan fingerprint density at radius 2 is 1.97 bits per heavy atom. The first-order valence-corrected chi connectivity index (χ1v) is 9.56. The molecule has 0 spiro atoms. The molecule has 3 aromatic heterocycles. The second kappa shape index (κ2) is 7.56. The fraction of sp³-hybridized carbons (Fsp3) is 0.250. The highest BCUT2D eigenvalue weighted by Gasteiger charge is 2.16. The van der Waals surface area contributed by atoms with E-state index in [2.05, 4.69) is 35.1 Å². The van der Waals surface area contributed by atoms with E-state index in [1.54, 1.807) is 6.20 Å². The standard InChI is InChI=1S/C20H19N7O3/c1-12-13(11-21-19(22-12)27-6-8-29-9-7-27)15-10-17(28)25-18(23-15)26-20-24-14-4-2-3-5-16(14)30-20/h2-5,10-11H,6-9H2,1H3,(H2,23,24,25,26,28). The Bertz CT molecular complexity index is 1230. The van der Waals surface area contributed by atoms with Gasteiger partial charge in [0.1, 0.15) is 5.52 Å². The number of fused-ring (bicyclic) bond motifs is 1. The molecule has 2 N–H and O–H groups in total. The van der Waals surface area contributed by atoms with Gasteiger partial charge < -0.3 is 14.1 Å². The molecule has 0 bridgehead atoms. The lowest BCUT2D eigenvalue weighted by Crippen LogP contribution is -2.37. The number of aromatic nitrogens is 5. The highest BCUT2D eigenvalue weighted by atomic mass is 16.5. The van der Waals surface area contributed by atoms with Crippen LogP contribution in [-0.2, 0) is 4.74 Å². The molecular formula is C20H19N7O3. The minimum Gasteiger partial charge on any atom is -0.423 e. The smallest absolute Gasteiger partial charge is 0.302 e. The number of para-hydroxylation sites is 2. The van der Waals surface area contributed by atoms with Gasteiger partial charge in [0.05, 0.1) is 24.6 Å². The quantitative estimate of drug-likeness (QED) is 0.526. The van der Waals surface area contributed by atoms with Gasteiger partial charge in [-0.1, -0.05) is 12.1 Å². The Hall–Kier alpha value is -3.79. The molecule has 0 saturated carbocycles. The van der Waals surface area contributed by atoms with Crippen molar-refractivity contribution in [3.8, 4) is 11.3 Å². The molecule has 0 atom stereocenters. The van der Waals surface area contributed by atoms with Crippen molar-refractivity contribution in [3.63, 3.8) is 0 Å². The summed E-state index contributed by atoms with van der Waals surface area (Å²) in [5.74, 6) is 0.870. The van der Waals surface area contributed by atoms with Crippen LogP contribution in [0.25, 0.3) is 22.4 Å². The maximum Gasteiger partial charge on any atom is 0.302 e. The Morgan fingerprint density at radius 3 is 2.77 bits per heavy atom. The molecule has 1 fully saturated rings. The lowest BCUT2D eigenvalue weighted by molar-refractivity contribution is 0.122. The van der Waals surface area contributed by atoms with E-state index in [0.29, 0.717) is 41.5 Å². The van der Waals surface area contributed by atoms with Crippen molar-refractivity contribution in [1.29, 1.82) is 0 Å². The van der Waals surface area contributed by atoms with Crippen LogP contribution in [0.2, 0.25) is 0 Å². The summed E-state index contributed by atoms with van der Waals surface area (Å²) in [6, 6.07) is 9.05. The molecule has 0 aliphatic carbocycles. The molecule has 10 nitrogen and oxygen atoms in total. The number of anilines is 3. The van der Waals surface area contributed by atoms with Crippen LogP contribution in [0.1, 0.15) is 5.69 Å². The monoisotopic (exact) mass is 405 g/mol. The number of nitrogens with one attached hydrogen (secondary N) is 2. The molecule has 1 aliphatic rings. The number of aromatic amines is 1. The van der Waals surface area contributed by atoms with Crippen LogP contribution >= 0.6 is 0 Å². The maximum absolute atomic E-state index is 12.2. The number of nitrogens with zero attached hydrogens (tertiary/aromatic N) is 5. The number of H-pyrrole nitrogens is 1. The fourth-order valence-corrected chi connectivity index (χ4v) is 3.30. The average molecular weight is 405 g/mol. The van der Waals surface area contributed by atoms with Gasteiger partial charge >= 0.3 is 6.01 Å². The maximum atomic E-state index is 12.2. The van der Waals surface area contributed by atoms with Gasteiger partial charge in [-0.05, 0) is 19.1 Å². The number of hydrogen-bond acceptors (Lipinski definition) is 9. The summed E-state index contributed by atoms with van der Waals surface area (Å²) in [7, 11) is 0. The predicted octanol–water partition coefficient (Wildman–Crippen LogP) is 2.26. The zero-order valence-electron chi connectivity index (χ0n) is 16.3. The Balaban J connectivity index is 1.44. The highest BCUT2D eigenvalue weighted by molar-refractivity contribution is 5.74.